The third-order valence-corrected chi connectivity index (χ3v) is 3.95. The van der Waals surface area contributed by atoms with Gasteiger partial charge in [-0.05, 0) is 43.7 Å². The largest absolute Gasteiger partial charge is 0.459 e. The van der Waals surface area contributed by atoms with Gasteiger partial charge in [-0.15, -0.1) is 0 Å². The van der Waals surface area contributed by atoms with Crippen molar-refractivity contribution in [2.75, 3.05) is 5.32 Å². The van der Waals surface area contributed by atoms with Crippen LogP contribution in [-0.4, -0.2) is 17.9 Å². The number of rotatable bonds is 6. The van der Waals surface area contributed by atoms with Gasteiger partial charge in [-0.3, -0.25) is 9.59 Å². The van der Waals surface area contributed by atoms with Gasteiger partial charge in [0, 0.05) is 11.3 Å². The average molecular weight is 348 g/mol. The highest BCUT2D eigenvalue weighted by Gasteiger charge is 2.23. The third-order valence-electron chi connectivity index (χ3n) is 3.95. The molecule has 3 rings (SSSR count). The second-order valence-electron chi connectivity index (χ2n) is 6.13. The lowest BCUT2D eigenvalue weighted by atomic mass is 10.1. The fourth-order valence-electron chi connectivity index (χ4n) is 2.56. The van der Waals surface area contributed by atoms with Crippen molar-refractivity contribution in [3.63, 3.8) is 0 Å². The summed E-state index contributed by atoms with van der Waals surface area (Å²) in [6, 6.07) is 18.0. The maximum Gasteiger partial charge on any atom is 0.288 e. The van der Waals surface area contributed by atoms with E-state index in [0.717, 1.165) is 16.8 Å². The average Bonchev–Trinajstić information content (AvgIpc) is 3.16. The second-order valence-corrected chi connectivity index (χ2v) is 6.13. The number of carbonyl (C=O) groups is 2. The molecule has 0 bridgehead atoms. The van der Waals surface area contributed by atoms with Crippen LogP contribution in [-0.2, 0) is 0 Å². The molecule has 0 fully saturated rings. The summed E-state index contributed by atoms with van der Waals surface area (Å²) in [5.74, 6) is -0.537. The number of Topliss-reactive ketones (excluding diaryl/α,β-unsaturated/α-hetero) is 1. The lowest BCUT2D eigenvalue weighted by molar-refractivity contribution is 0.0853. The Morgan fingerprint density at radius 1 is 0.923 bits per heavy atom. The molecule has 0 saturated carbocycles. The highest BCUT2D eigenvalue weighted by atomic mass is 16.3. The van der Waals surface area contributed by atoms with Crippen LogP contribution in [0.3, 0.4) is 0 Å². The van der Waals surface area contributed by atoms with Crippen LogP contribution in [0.1, 0.15) is 32.0 Å². The van der Waals surface area contributed by atoms with Gasteiger partial charge in [0.15, 0.2) is 11.9 Å². The van der Waals surface area contributed by atoms with Gasteiger partial charge < -0.3 is 15.1 Å². The summed E-state index contributed by atoms with van der Waals surface area (Å²) in [6.07, 6.45) is 0.497. The molecular formula is C21H20N2O3. The number of amides is 1. The number of nitrogens with one attached hydrogen (secondary N) is 2. The molecule has 0 saturated heterocycles. The predicted octanol–water partition coefficient (Wildman–Crippen LogP) is 3.95. The fraction of sp³-hybridized carbons (Fsp3) is 0.143. The first-order valence-corrected chi connectivity index (χ1v) is 8.31. The Labute approximate surface area is 152 Å². The minimum Gasteiger partial charge on any atom is -0.459 e. The van der Waals surface area contributed by atoms with Gasteiger partial charge in [-0.25, -0.2) is 0 Å². The Morgan fingerprint density at radius 3 is 2.35 bits per heavy atom. The first kappa shape index (κ1) is 17.5. The molecule has 1 aromatic heterocycles. The van der Waals surface area contributed by atoms with Crippen molar-refractivity contribution in [1.29, 1.82) is 0 Å². The molecule has 0 aliphatic heterocycles. The fourth-order valence-corrected chi connectivity index (χ4v) is 2.56. The summed E-state index contributed by atoms with van der Waals surface area (Å²) in [4.78, 5) is 25.3. The van der Waals surface area contributed by atoms with Crippen LogP contribution in [0.25, 0.3) is 0 Å². The zero-order chi connectivity index (χ0) is 18.5. The lowest BCUT2D eigenvalue weighted by Gasteiger charge is -2.20. The van der Waals surface area contributed by atoms with Crippen LogP contribution < -0.4 is 10.6 Å². The Kier molecular flexibility index (Phi) is 5.17. The summed E-state index contributed by atoms with van der Waals surface area (Å²) in [6.45, 7) is 3.92. The third kappa shape index (κ3) is 4.19. The number of hydrogen-bond acceptors (Lipinski definition) is 4. The smallest absolute Gasteiger partial charge is 0.288 e. The molecule has 5 heteroatoms. The molecule has 26 heavy (non-hydrogen) atoms. The molecule has 0 aliphatic rings. The molecule has 1 atom stereocenters. The first-order chi connectivity index (χ1) is 12.5. The topological polar surface area (TPSA) is 71.3 Å². The van der Waals surface area contributed by atoms with E-state index in [-0.39, 0.29) is 11.5 Å². The van der Waals surface area contributed by atoms with E-state index in [0.29, 0.717) is 5.56 Å². The van der Waals surface area contributed by atoms with Gasteiger partial charge in [0.1, 0.15) is 0 Å². The zero-order valence-corrected chi connectivity index (χ0v) is 14.7. The number of anilines is 1. The van der Waals surface area contributed by atoms with Crippen molar-refractivity contribution in [1.82, 2.24) is 5.32 Å². The highest BCUT2D eigenvalue weighted by molar-refractivity contribution is 6.04. The lowest BCUT2D eigenvalue weighted by Crippen LogP contribution is -2.46. The van der Waals surface area contributed by atoms with Crippen molar-refractivity contribution < 1.29 is 14.0 Å². The number of carbonyl (C=O) groups excluding carboxylic acids is 2. The van der Waals surface area contributed by atoms with Crippen LogP contribution in [0.4, 0.5) is 5.69 Å². The summed E-state index contributed by atoms with van der Waals surface area (Å²) in [5, 5.41) is 5.81. The minimum absolute atomic E-state index is 0.151. The normalized spacial score (nSPS) is 11.6. The molecule has 2 N–H and O–H groups in total. The predicted molar refractivity (Wildman–Crippen MR) is 100 cm³/mol. The van der Waals surface area contributed by atoms with Gasteiger partial charge >= 0.3 is 0 Å². The van der Waals surface area contributed by atoms with E-state index < -0.39 is 12.1 Å². The molecular weight excluding hydrogens is 328 g/mol. The standard InChI is InChI=1S/C21H20N2O3/c1-14-8-10-16(11-9-14)19(24)20(22-17-6-3-5-15(2)13-17)23-21(25)18-7-4-12-26-18/h3-13,20,22H,1-2H3,(H,23,25). The SMILES string of the molecule is Cc1ccc(C(=O)C(NC(=O)c2ccco2)Nc2cccc(C)c2)cc1. The minimum atomic E-state index is -0.919. The van der Waals surface area contributed by atoms with Crippen molar-refractivity contribution in [2.45, 2.75) is 20.0 Å². The Balaban J connectivity index is 1.86. The van der Waals surface area contributed by atoms with E-state index in [9.17, 15) is 9.59 Å². The number of furan rings is 1. The van der Waals surface area contributed by atoms with Crippen LogP contribution in [0, 0.1) is 13.8 Å². The highest BCUT2D eigenvalue weighted by Crippen LogP contribution is 2.14. The monoisotopic (exact) mass is 348 g/mol. The van der Waals surface area contributed by atoms with Crippen molar-refractivity contribution in [3.8, 4) is 0 Å². The van der Waals surface area contributed by atoms with E-state index in [1.807, 2.05) is 50.2 Å². The first-order valence-electron chi connectivity index (χ1n) is 8.31. The molecule has 2 aromatic carbocycles. The van der Waals surface area contributed by atoms with E-state index in [4.69, 9.17) is 4.42 Å². The van der Waals surface area contributed by atoms with Gasteiger partial charge in [-0.1, -0.05) is 42.0 Å². The van der Waals surface area contributed by atoms with Crippen LogP contribution in [0.5, 0.6) is 0 Å². The van der Waals surface area contributed by atoms with E-state index >= 15 is 0 Å². The van der Waals surface area contributed by atoms with Gasteiger partial charge in [0.2, 0.25) is 5.78 Å². The molecule has 0 spiro atoms. The van der Waals surface area contributed by atoms with Gasteiger partial charge in [0.25, 0.3) is 5.91 Å². The molecule has 0 radical (unpaired) electrons. The Morgan fingerprint density at radius 2 is 1.69 bits per heavy atom. The number of hydrogen-bond donors (Lipinski definition) is 2. The quantitative estimate of drug-likeness (QED) is 0.523. The second kappa shape index (κ2) is 7.70. The molecule has 0 aliphatic carbocycles. The summed E-state index contributed by atoms with van der Waals surface area (Å²) < 4.78 is 5.12. The van der Waals surface area contributed by atoms with Crippen molar-refractivity contribution in [2.24, 2.45) is 0 Å². The Hall–Kier alpha value is -3.34. The van der Waals surface area contributed by atoms with Gasteiger partial charge in [0.05, 0.1) is 6.26 Å². The molecule has 5 nitrogen and oxygen atoms in total. The summed E-state index contributed by atoms with van der Waals surface area (Å²) in [7, 11) is 0. The van der Waals surface area contributed by atoms with Gasteiger partial charge in [-0.2, -0.15) is 0 Å². The van der Waals surface area contributed by atoms with Crippen molar-refractivity contribution in [3.05, 3.63) is 89.4 Å². The van der Waals surface area contributed by atoms with E-state index in [2.05, 4.69) is 10.6 Å². The maximum atomic E-state index is 12.9. The maximum absolute atomic E-state index is 12.9. The molecule has 3 aromatic rings. The number of aryl methyl sites for hydroxylation is 2. The van der Waals surface area contributed by atoms with Crippen LogP contribution in [0.15, 0.2) is 71.3 Å². The summed E-state index contributed by atoms with van der Waals surface area (Å²) >= 11 is 0. The molecule has 132 valence electrons. The number of benzene rings is 2. The molecule has 1 amide bonds. The Bertz CT molecular complexity index is 899. The van der Waals surface area contributed by atoms with E-state index in [1.165, 1.54) is 6.26 Å². The van der Waals surface area contributed by atoms with Crippen LogP contribution >= 0.6 is 0 Å². The number of ketones is 1. The van der Waals surface area contributed by atoms with Crippen molar-refractivity contribution >= 4 is 17.4 Å². The summed E-state index contributed by atoms with van der Waals surface area (Å²) in [5.41, 5.74) is 3.37. The zero-order valence-electron chi connectivity index (χ0n) is 14.7. The molecule has 1 unspecified atom stereocenters. The molecule has 1 heterocycles. The van der Waals surface area contributed by atoms with E-state index in [1.54, 1.807) is 24.3 Å². The van der Waals surface area contributed by atoms with Crippen LogP contribution in [0.2, 0.25) is 0 Å².